The van der Waals surface area contributed by atoms with Crippen molar-refractivity contribution in [3.8, 4) is 0 Å². The molecule has 3 saturated carbocycles. The van der Waals surface area contributed by atoms with E-state index in [1.807, 2.05) is 0 Å². The standard InChI is InChI=1S/C18H28O2/c19-17(16-14-6-2-3-7-15(14)16)13-8-11-20-18(12-13)9-4-1-5-10-18/h13-16H,1-12H2. The molecule has 20 heavy (non-hydrogen) atoms. The summed E-state index contributed by atoms with van der Waals surface area (Å²) in [5.41, 5.74) is 0.0941. The number of carbonyl (C=O) groups excluding carboxylic acids is 1. The Bertz CT molecular complexity index is 365. The maximum absolute atomic E-state index is 12.9. The van der Waals surface area contributed by atoms with Crippen molar-refractivity contribution < 1.29 is 9.53 Å². The molecule has 3 aliphatic carbocycles. The van der Waals surface area contributed by atoms with E-state index in [4.69, 9.17) is 4.74 Å². The Morgan fingerprint density at radius 1 is 0.900 bits per heavy atom. The van der Waals surface area contributed by atoms with Crippen LogP contribution in [-0.2, 0) is 9.53 Å². The minimum atomic E-state index is 0.0941. The van der Waals surface area contributed by atoms with E-state index in [9.17, 15) is 4.79 Å². The molecule has 3 atom stereocenters. The summed E-state index contributed by atoms with van der Waals surface area (Å²) in [4.78, 5) is 12.9. The fourth-order valence-corrected chi connectivity index (χ4v) is 5.50. The highest BCUT2D eigenvalue weighted by Gasteiger charge is 2.56. The normalized spacial score (nSPS) is 43.0. The third kappa shape index (κ3) is 2.24. The highest BCUT2D eigenvalue weighted by atomic mass is 16.5. The van der Waals surface area contributed by atoms with Crippen molar-refractivity contribution in [2.45, 2.75) is 76.2 Å². The lowest BCUT2D eigenvalue weighted by Crippen LogP contribution is -2.43. The summed E-state index contributed by atoms with van der Waals surface area (Å²) in [6.07, 6.45) is 13.8. The molecule has 4 rings (SSSR count). The van der Waals surface area contributed by atoms with Gasteiger partial charge < -0.3 is 4.74 Å². The average molecular weight is 276 g/mol. The second-order valence-electron chi connectivity index (χ2n) is 7.82. The number of ether oxygens (including phenoxy) is 1. The van der Waals surface area contributed by atoms with Crippen LogP contribution < -0.4 is 0 Å². The minimum absolute atomic E-state index is 0.0941. The molecule has 4 aliphatic rings. The van der Waals surface area contributed by atoms with Gasteiger partial charge in [-0.05, 0) is 50.4 Å². The first-order chi connectivity index (χ1) is 9.79. The summed E-state index contributed by atoms with van der Waals surface area (Å²) >= 11 is 0. The van der Waals surface area contributed by atoms with Gasteiger partial charge in [0.1, 0.15) is 5.78 Å². The quantitative estimate of drug-likeness (QED) is 0.758. The number of hydrogen-bond donors (Lipinski definition) is 0. The van der Waals surface area contributed by atoms with Gasteiger partial charge >= 0.3 is 0 Å². The van der Waals surface area contributed by atoms with Gasteiger partial charge in [-0.25, -0.2) is 0 Å². The zero-order valence-corrected chi connectivity index (χ0v) is 12.6. The van der Waals surface area contributed by atoms with Gasteiger partial charge in [-0.1, -0.05) is 32.1 Å². The van der Waals surface area contributed by atoms with Crippen LogP contribution in [0.5, 0.6) is 0 Å². The van der Waals surface area contributed by atoms with Crippen LogP contribution in [-0.4, -0.2) is 18.0 Å². The van der Waals surface area contributed by atoms with E-state index in [0.717, 1.165) is 31.3 Å². The molecule has 2 nitrogen and oxygen atoms in total. The molecule has 4 fully saturated rings. The van der Waals surface area contributed by atoms with Gasteiger partial charge in [0.05, 0.1) is 5.60 Å². The van der Waals surface area contributed by atoms with Crippen molar-refractivity contribution in [1.29, 1.82) is 0 Å². The molecule has 0 N–H and O–H groups in total. The van der Waals surface area contributed by atoms with E-state index in [1.165, 1.54) is 57.8 Å². The van der Waals surface area contributed by atoms with Crippen LogP contribution in [0.1, 0.15) is 70.6 Å². The molecule has 0 aromatic rings. The van der Waals surface area contributed by atoms with Crippen LogP contribution in [0.3, 0.4) is 0 Å². The molecule has 3 unspecified atom stereocenters. The summed E-state index contributed by atoms with van der Waals surface area (Å²) in [5, 5.41) is 0. The summed E-state index contributed by atoms with van der Waals surface area (Å²) in [7, 11) is 0. The van der Waals surface area contributed by atoms with Gasteiger partial charge in [0.2, 0.25) is 0 Å². The van der Waals surface area contributed by atoms with Gasteiger partial charge in [0.15, 0.2) is 0 Å². The smallest absolute Gasteiger partial charge is 0.139 e. The predicted molar refractivity (Wildman–Crippen MR) is 78.4 cm³/mol. The van der Waals surface area contributed by atoms with Crippen LogP contribution in [0.4, 0.5) is 0 Å². The van der Waals surface area contributed by atoms with Crippen molar-refractivity contribution in [3.63, 3.8) is 0 Å². The maximum atomic E-state index is 12.9. The van der Waals surface area contributed by atoms with Crippen LogP contribution in [0.25, 0.3) is 0 Å². The Morgan fingerprint density at radius 3 is 2.30 bits per heavy atom. The first kappa shape index (κ1) is 13.3. The Hall–Kier alpha value is -0.370. The second kappa shape index (κ2) is 5.12. The monoisotopic (exact) mass is 276 g/mol. The lowest BCUT2D eigenvalue weighted by Gasteiger charge is -2.43. The molecule has 1 saturated heterocycles. The number of carbonyl (C=O) groups is 1. The van der Waals surface area contributed by atoms with Gasteiger partial charge in [-0.3, -0.25) is 4.79 Å². The van der Waals surface area contributed by atoms with E-state index in [1.54, 1.807) is 0 Å². The molecule has 0 bridgehead atoms. The Morgan fingerprint density at radius 2 is 1.60 bits per heavy atom. The maximum Gasteiger partial charge on any atom is 0.139 e. The predicted octanol–water partition coefficient (Wildman–Crippen LogP) is 4.12. The van der Waals surface area contributed by atoms with E-state index < -0.39 is 0 Å². The fourth-order valence-electron chi connectivity index (χ4n) is 5.50. The number of rotatable bonds is 2. The number of hydrogen-bond acceptors (Lipinski definition) is 2. The van der Waals surface area contributed by atoms with Crippen molar-refractivity contribution in [3.05, 3.63) is 0 Å². The number of Topliss-reactive ketones (excluding diaryl/α,β-unsaturated/α-hetero) is 1. The van der Waals surface area contributed by atoms with Crippen molar-refractivity contribution >= 4 is 5.78 Å². The van der Waals surface area contributed by atoms with Gasteiger partial charge in [-0.2, -0.15) is 0 Å². The number of ketones is 1. The van der Waals surface area contributed by atoms with Gasteiger partial charge in [0, 0.05) is 18.4 Å². The summed E-state index contributed by atoms with van der Waals surface area (Å²) in [6.45, 7) is 0.832. The molecule has 0 amide bonds. The molecule has 0 aromatic heterocycles. The lowest BCUT2D eigenvalue weighted by atomic mass is 9.74. The average Bonchev–Trinajstić information content (AvgIpc) is 3.22. The Balaban J connectivity index is 1.42. The SMILES string of the molecule is O=C(C1CCOC2(CCCCC2)C1)C1C2CCCCC21. The lowest BCUT2D eigenvalue weighted by molar-refractivity contribution is -0.144. The third-order valence-electron chi connectivity index (χ3n) is 6.65. The molecule has 112 valence electrons. The van der Waals surface area contributed by atoms with Crippen molar-refractivity contribution in [2.24, 2.45) is 23.7 Å². The third-order valence-corrected chi connectivity index (χ3v) is 6.65. The Labute approximate surface area is 122 Å². The van der Waals surface area contributed by atoms with Crippen LogP contribution >= 0.6 is 0 Å². The molecule has 1 heterocycles. The van der Waals surface area contributed by atoms with Gasteiger partial charge in [-0.15, -0.1) is 0 Å². The van der Waals surface area contributed by atoms with E-state index in [0.29, 0.717) is 17.6 Å². The van der Waals surface area contributed by atoms with Crippen LogP contribution in [0.15, 0.2) is 0 Å². The highest BCUT2D eigenvalue weighted by molar-refractivity contribution is 5.86. The van der Waals surface area contributed by atoms with Crippen LogP contribution in [0.2, 0.25) is 0 Å². The largest absolute Gasteiger partial charge is 0.375 e. The van der Waals surface area contributed by atoms with E-state index >= 15 is 0 Å². The molecular weight excluding hydrogens is 248 g/mol. The molecule has 1 aliphatic heterocycles. The van der Waals surface area contributed by atoms with E-state index in [-0.39, 0.29) is 5.60 Å². The molecule has 0 radical (unpaired) electrons. The van der Waals surface area contributed by atoms with Gasteiger partial charge in [0.25, 0.3) is 0 Å². The first-order valence-corrected chi connectivity index (χ1v) is 8.97. The zero-order valence-electron chi connectivity index (χ0n) is 12.6. The zero-order chi connectivity index (χ0) is 13.6. The molecule has 1 spiro atoms. The van der Waals surface area contributed by atoms with Crippen molar-refractivity contribution in [2.75, 3.05) is 6.61 Å². The molecular formula is C18H28O2. The van der Waals surface area contributed by atoms with E-state index in [2.05, 4.69) is 0 Å². The Kier molecular flexibility index (Phi) is 3.41. The minimum Gasteiger partial charge on any atom is -0.375 e. The molecule has 0 aromatic carbocycles. The highest BCUT2D eigenvalue weighted by Crippen LogP contribution is 2.57. The fraction of sp³-hybridized carbons (Fsp3) is 0.944. The second-order valence-corrected chi connectivity index (χ2v) is 7.82. The summed E-state index contributed by atoms with van der Waals surface area (Å²) in [5.74, 6) is 2.98. The molecule has 2 heteroatoms. The topological polar surface area (TPSA) is 26.3 Å². The summed E-state index contributed by atoms with van der Waals surface area (Å²) < 4.78 is 6.15. The van der Waals surface area contributed by atoms with Crippen LogP contribution in [0, 0.1) is 23.7 Å². The van der Waals surface area contributed by atoms with Crippen molar-refractivity contribution in [1.82, 2.24) is 0 Å². The number of fused-ring (bicyclic) bond motifs is 1. The summed E-state index contributed by atoms with van der Waals surface area (Å²) in [6, 6.07) is 0. The first-order valence-electron chi connectivity index (χ1n) is 8.97.